The van der Waals surface area contributed by atoms with E-state index in [1.165, 1.54) is 7.11 Å². The largest absolute Gasteiger partial charge is 0.489 e. The molecule has 0 unspecified atom stereocenters. The fourth-order valence-electron chi connectivity index (χ4n) is 1.89. The molecule has 0 aliphatic carbocycles. The number of halogens is 2. The van der Waals surface area contributed by atoms with Gasteiger partial charge in [0.15, 0.2) is 5.78 Å². The van der Waals surface area contributed by atoms with Gasteiger partial charge in [-0.3, -0.25) is 9.59 Å². The first-order valence-corrected chi connectivity index (χ1v) is 7.52. The fraction of sp³-hybridized carbons (Fsp3) is 0.176. The van der Waals surface area contributed by atoms with Gasteiger partial charge in [0.25, 0.3) is 0 Å². The topological polar surface area (TPSA) is 52.6 Å². The third kappa shape index (κ3) is 4.71. The third-order valence-electron chi connectivity index (χ3n) is 3.13. The average Bonchev–Trinajstić information content (AvgIpc) is 2.54. The molecule has 0 aromatic heterocycles. The van der Waals surface area contributed by atoms with E-state index in [0.717, 1.165) is 0 Å². The number of Topliss-reactive ketones (excluding diaryl/α,β-unsaturated/α-hetero) is 1. The second kappa shape index (κ2) is 7.99. The number of esters is 1. The van der Waals surface area contributed by atoms with Crippen LogP contribution in [0.4, 0.5) is 0 Å². The van der Waals surface area contributed by atoms with E-state index in [1.807, 2.05) is 0 Å². The van der Waals surface area contributed by atoms with Crippen LogP contribution in [0.5, 0.6) is 5.75 Å². The molecule has 0 saturated heterocycles. The molecule has 120 valence electrons. The highest BCUT2D eigenvalue weighted by molar-refractivity contribution is 6.35. The van der Waals surface area contributed by atoms with Gasteiger partial charge in [0.1, 0.15) is 18.8 Å². The van der Waals surface area contributed by atoms with Crippen molar-refractivity contribution in [1.29, 1.82) is 0 Å². The second-order valence-corrected chi connectivity index (χ2v) is 5.51. The van der Waals surface area contributed by atoms with Crippen LogP contribution in [-0.4, -0.2) is 18.9 Å². The minimum atomic E-state index is -0.579. The highest BCUT2D eigenvalue weighted by Crippen LogP contribution is 2.26. The summed E-state index contributed by atoms with van der Waals surface area (Å²) < 4.78 is 10.1. The van der Waals surface area contributed by atoms with Crippen LogP contribution in [0.25, 0.3) is 0 Å². The molecule has 0 radical (unpaired) electrons. The van der Waals surface area contributed by atoms with E-state index in [2.05, 4.69) is 4.74 Å². The maximum absolute atomic E-state index is 12.0. The molecule has 2 aromatic rings. The highest BCUT2D eigenvalue weighted by atomic mass is 35.5. The number of carbonyl (C=O) groups is 2. The van der Waals surface area contributed by atoms with Crippen molar-refractivity contribution < 1.29 is 19.1 Å². The number of ether oxygens (including phenoxy) is 2. The van der Waals surface area contributed by atoms with Gasteiger partial charge >= 0.3 is 5.97 Å². The fourth-order valence-corrected chi connectivity index (χ4v) is 2.40. The van der Waals surface area contributed by atoms with Gasteiger partial charge in [-0.05, 0) is 24.3 Å². The molecule has 0 heterocycles. The van der Waals surface area contributed by atoms with Crippen molar-refractivity contribution in [3.63, 3.8) is 0 Å². The predicted molar refractivity (Wildman–Crippen MR) is 88.2 cm³/mol. The summed E-state index contributed by atoms with van der Waals surface area (Å²) in [6.07, 6.45) is -0.309. The minimum absolute atomic E-state index is 0.174. The van der Waals surface area contributed by atoms with Gasteiger partial charge in [0.2, 0.25) is 0 Å². The Morgan fingerprint density at radius 3 is 2.35 bits per heavy atom. The Hall–Kier alpha value is -2.04. The van der Waals surface area contributed by atoms with Crippen molar-refractivity contribution >= 4 is 35.0 Å². The predicted octanol–water partition coefficient (Wildman–Crippen LogP) is 4.32. The molecule has 2 aromatic carbocycles. The standard InChI is InChI=1S/C17H14Cl2O4/c1-22-17(21)9-16(20)11-4-2-5-12(8-11)23-10-13-14(18)6-3-7-15(13)19/h2-8H,9-10H2,1H3. The summed E-state index contributed by atoms with van der Waals surface area (Å²) in [4.78, 5) is 23.1. The van der Waals surface area contributed by atoms with Crippen molar-refractivity contribution in [3.8, 4) is 5.75 Å². The van der Waals surface area contributed by atoms with E-state index in [1.54, 1.807) is 42.5 Å². The Kier molecular flexibility index (Phi) is 6.02. The first-order valence-electron chi connectivity index (χ1n) is 6.77. The lowest BCUT2D eigenvalue weighted by atomic mass is 10.1. The Morgan fingerprint density at radius 1 is 1.04 bits per heavy atom. The van der Waals surface area contributed by atoms with E-state index >= 15 is 0 Å². The zero-order chi connectivity index (χ0) is 16.8. The maximum Gasteiger partial charge on any atom is 0.313 e. The highest BCUT2D eigenvalue weighted by Gasteiger charge is 2.13. The van der Waals surface area contributed by atoms with E-state index in [9.17, 15) is 9.59 Å². The van der Waals surface area contributed by atoms with Crippen LogP contribution in [0.3, 0.4) is 0 Å². The lowest BCUT2D eigenvalue weighted by molar-refractivity contribution is -0.139. The zero-order valence-corrected chi connectivity index (χ0v) is 13.9. The number of hydrogen-bond donors (Lipinski definition) is 0. The van der Waals surface area contributed by atoms with E-state index in [-0.39, 0.29) is 18.8 Å². The summed E-state index contributed by atoms with van der Waals surface area (Å²) in [5.74, 6) is -0.432. The third-order valence-corrected chi connectivity index (χ3v) is 3.84. The number of rotatable bonds is 6. The van der Waals surface area contributed by atoms with Gasteiger partial charge in [-0.1, -0.05) is 41.4 Å². The molecular weight excluding hydrogens is 339 g/mol. The summed E-state index contributed by atoms with van der Waals surface area (Å²) in [6.45, 7) is 0.174. The van der Waals surface area contributed by atoms with Crippen LogP contribution < -0.4 is 4.74 Å². The molecule has 0 N–H and O–H groups in total. The molecule has 4 nitrogen and oxygen atoms in total. The SMILES string of the molecule is COC(=O)CC(=O)c1cccc(OCc2c(Cl)cccc2Cl)c1. The van der Waals surface area contributed by atoms with Crippen LogP contribution in [0.1, 0.15) is 22.3 Å². The smallest absolute Gasteiger partial charge is 0.313 e. The van der Waals surface area contributed by atoms with Crippen molar-refractivity contribution in [2.75, 3.05) is 7.11 Å². The van der Waals surface area contributed by atoms with Crippen LogP contribution in [-0.2, 0) is 16.1 Å². The van der Waals surface area contributed by atoms with Gasteiger partial charge in [-0.15, -0.1) is 0 Å². The summed E-state index contributed by atoms with van der Waals surface area (Å²) >= 11 is 12.2. The summed E-state index contributed by atoms with van der Waals surface area (Å²) in [6, 6.07) is 11.8. The molecule has 0 aliphatic heterocycles. The van der Waals surface area contributed by atoms with Crippen molar-refractivity contribution in [3.05, 3.63) is 63.6 Å². The Labute approximate surface area is 143 Å². The van der Waals surface area contributed by atoms with E-state index in [0.29, 0.717) is 26.9 Å². The second-order valence-electron chi connectivity index (χ2n) is 4.69. The first kappa shape index (κ1) is 17.3. The summed E-state index contributed by atoms with van der Waals surface area (Å²) in [7, 11) is 1.24. The van der Waals surface area contributed by atoms with Crippen molar-refractivity contribution in [2.24, 2.45) is 0 Å². The lowest BCUT2D eigenvalue weighted by Crippen LogP contribution is -2.09. The van der Waals surface area contributed by atoms with Gasteiger partial charge < -0.3 is 9.47 Å². The summed E-state index contributed by atoms with van der Waals surface area (Å²) in [5, 5.41) is 1.02. The normalized spacial score (nSPS) is 10.2. The van der Waals surface area contributed by atoms with Gasteiger partial charge in [-0.2, -0.15) is 0 Å². The monoisotopic (exact) mass is 352 g/mol. The molecule has 0 saturated carbocycles. The van der Waals surface area contributed by atoms with Crippen molar-refractivity contribution in [2.45, 2.75) is 13.0 Å². The lowest BCUT2D eigenvalue weighted by Gasteiger charge is -2.10. The first-order chi connectivity index (χ1) is 11.0. The molecule has 0 fully saturated rings. The quantitative estimate of drug-likeness (QED) is 0.441. The summed E-state index contributed by atoms with van der Waals surface area (Å²) in [5.41, 5.74) is 1.04. The number of methoxy groups -OCH3 is 1. The minimum Gasteiger partial charge on any atom is -0.489 e. The molecule has 0 amide bonds. The molecule has 0 aliphatic rings. The number of hydrogen-bond acceptors (Lipinski definition) is 4. The van der Waals surface area contributed by atoms with Crippen LogP contribution in [0.2, 0.25) is 10.0 Å². The maximum atomic E-state index is 12.0. The van der Waals surface area contributed by atoms with Crippen LogP contribution >= 0.6 is 23.2 Å². The van der Waals surface area contributed by atoms with Gasteiger partial charge in [0.05, 0.1) is 7.11 Å². The van der Waals surface area contributed by atoms with Gasteiger partial charge in [0, 0.05) is 21.2 Å². The molecular formula is C17H14Cl2O4. The van der Waals surface area contributed by atoms with Crippen molar-refractivity contribution in [1.82, 2.24) is 0 Å². The molecule has 6 heteroatoms. The van der Waals surface area contributed by atoms with Crippen LogP contribution in [0.15, 0.2) is 42.5 Å². The number of carbonyl (C=O) groups excluding carboxylic acids is 2. The molecule has 0 atom stereocenters. The number of ketones is 1. The Balaban J connectivity index is 2.08. The average molecular weight is 353 g/mol. The number of benzene rings is 2. The zero-order valence-electron chi connectivity index (χ0n) is 12.3. The molecule has 2 rings (SSSR count). The Morgan fingerprint density at radius 2 is 1.70 bits per heavy atom. The molecule has 23 heavy (non-hydrogen) atoms. The molecule has 0 spiro atoms. The Bertz CT molecular complexity index is 708. The molecule has 0 bridgehead atoms. The van der Waals surface area contributed by atoms with E-state index < -0.39 is 5.97 Å². The van der Waals surface area contributed by atoms with Crippen LogP contribution in [0, 0.1) is 0 Å². The van der Waals surface area contributed by atoms with Gasteiger partial charge in [-0.25, -0.2) is 0 Å². The van der Waals surface area contributed by atoms with E-state index in [4.69, 9.17) is 27.9 Å².